The number of thioether (sulfide) groups is 1. The molecule has 0 fully saturated rings. The highest BCUT2D eigenvalue weighted by molar-refractivity contribution is 7.99. The zero-order valence-electron chi connectivity index (χ0n) is 11.9. The average molecular weight is 267 g/mol. The summed E-state index contributed by atoms with van der Waals surface area (Å²) in [4.78, 5) is 0. The molecule has 3 heteroatoms. The van der Waals surface area contributed by atoms with Crippen molar-refractivity contribution in [2.24, 2.45) is 5.73 Å². The second-order valence-corrected chi connectivity index (χ2v) is 7.06. The predicted octanol–water partition coefficient (Wildman–Crippen LogP) is 3.02. The van der Waals surface area contributed by atoms with Gasteiger partial charge in [0.25, 0.3) is 0 Å². The molecule has 0 bridgehead atoms. The predicted molar refractivity (Wildman–Crippen MR) is 81.0 cm³/mol. The highest BCUT2D eigenvalue weighted by atomic mass is 32.2. The summed E-state index contributed by atoms with van der Waals surface area (Å²) >= 11 is 1.90. The normalized spacial score (nSPS) is 16.3. The average Bonchev–Trinajstić information content (AvgIpc) is 2.24. The Morgan fingerprint density at radius 2 is 1.83 bits per heavy atom. The molecule has 0 aliphatic carbocycles. The molecule has 2 unspecified atom stereocenters. The van der Waals surface area contributed by atoms with Crippen LogP contribution < -0.4 is 5.73 Å². The Labute approximate surface area is 115 Å². The van der Waals surface area contributed by atoms with Gasteiger partial charge in [-0.2, -0.15) is 11.8 Å². The van der Waals surface area contributed by atoms with E-state index in [-0.39, 0.29) is 6.61 Å². The maximum Gasteiger partial charge on any atom is 0.0608 e. The molecule has 0 radical (unpaired) electrons. The lowest BCUT2D eigenvalue weighted by Gasteiger charge is -2.25. The summed E-state index contributed by atoms with van der Waals surface area (Å²) in [6, 6.07) is 6.67. The van der Waals surface area contributed by atoms with Crippen molar-refractivity contribution in [1.29, 1.82) is 0 Å². The molecule has 0 heterocycles. The smallest absolute Gasteiger partial charge is 0.0608 e. The lowest BCUT2D eigenvalue weighted by atomic mass is 9.99. The summed E-state index contributed by atoms with van der Waals surface area (Å²) < 4.78 is 0. The van der Waals surface area contributed by atoms with Gasteiger partial charge in [-0.25, -0.2) is 0 Å². The van der Waals surface area contributed by atoms with Gasteiger partial charge < -0.3 is 10.8 Å². The van der Waals surface area contributed by atoms with E-state index < -0.39 is 5.54 Å². The van der Waals surface area contributed by atoms with Crippen LogP contribution in [0.3, 0.4) is 0 Å². The van der Waals surface area contributed by atoms with Gasteiger partial charge in [0, 0.05) is 16.5 Å². The van der Waals surface area contributed by atoms with E-state index >= 15 is 0 Å². The van der Waals surface area contributed by atoms with Crippen molar-refractivity contribution in [2.45, 2.75) is 50.7 Å². The van der Waals surface area contributed by atoms with E-state index in [9.17, 15) is 0 Å². The number of hydrogen-bond acceptors (Lipinski definition) is 3. The third-order valence-corrected chi connectivity index (χ3v) is 4.17. The van der Waals surface area contributed by atoms with Crippen LogP contribution >= 0.6 is 11.8 Å². The van der Waals surface area contributed by atoms with Crippen LogP contribution in [0.15, 0.2) is 18.2 Å². The molecule has 1 aromatic carbocycles. The van der Waals surface area contributed by atoms with Crippen molar-refractivity contribution in [3.63, 3.8) is 0 Å². The highest BCUT2D eigenvalue weighted by Gasteiger charge is 2.20. The van der Waals surface area contributed by atoms with Gasteiger partial charge in [0.2, 0.25) is 0 Å². The SMILES string of the molecule is Cc1cc(C)cc(CSC(C)CC(C)(N)CO)c1. The summed E-state index contributed by atoms with van der Waals surface area (Å²) in [5, 5.41) is 9.62. The van der Waals surface area contributed by atoms with Crippen LogP contribution in [-0.4, -0.2) is 22.5 Å². The number of aryl methyl sites for hydroxylation is 2. The molecule has 18 heavy (non-hydrogen) atoms. The van der Waals surface area contributed by atoms with Gasteiger partial charge in [-0.15, -0.1) is 0 Å². The molecule has 1 aromatic rings. The van der Waals surface area contributed by atoms with Gasteiger partial charge in [0.05, 0.1) is 6.61 Å². The van der Waals surface area contributed by atoms with Gasteiger partial charge in [-0.1, -0.05) is 36.2 Å². The zero-order chi connectivity index (χ0) is 13.8. The van der Waals surface area contributed by atoms with Crippen molar-refractivity contribution >= 4 is 11.8 Å². The van der Waals surface area contributed by atoms with E-state index in [0.29, 0.717) is 5.25 Å². The minimum Gasteiger partial charge on any atom is -0.394 e. The van der Waals surface area contributed by atoms with Crippen LogP contribution in [0.4, 0.5) is 0 Å². The first-order chi connectivity index (χ1) is 8.32. The van der Waals surface area contributed by atoms with Crippen LogP contribution in [0.1, 0.15) is 37.0 Å². The van der Waals surface area contributed by atoms with E-state index in [1.54, 1.807) is 0 Å². The quantitative estimate of drug-likeness (QED) is 0.833. The standard InChI is InChI=1S/C15H25NOS/c1-11-5-12(2)7-14(6-11)9-18-13(3)8-15(4,16)10-17/h5-7,13,17H,8-10,16H2,1-4H3. The number of hydrogen-bond donors (Lipinski definition) is 2. The van der Waals surface area contributed by atoms with E-state index in [1.807, 2.05) is 18.7 Å². The number of aliphatic hydroxyl groups is 1. The Morgan fingerprint density at radius 1 is 1.28 bits per heavy atom. The van der Waals surface area contributed by atoms with Crippen LogP contribution in [0.2, 0.25) is 0 Å². The molecule has 0 saturated heterocycles. The molecule has 0 aliphatic rings. The first-order valence-corrected chi connectivity index (χ1v) is 7.46. The van der Waals surface area contributed by atoms with Crippen LogP contribution in [0, 0.1) is 13.8 Å². The first-order valence-electron chi connectivity index (χ1n) is 6.41. The number of aliphatic hydroxyl groups excluding tert-OH is 1. The Hall–Kier alpha value is -0.510. The lowest BCUT2D eigenvalue weighted by Crippen LogP contribution is -2.42. The van der Waals surface area contributed by atoms with Gasteiger partial charge in [-0.05, 0) is 32.8 Å². The summed E-state index contributed by atoms with van der Waals surface area (Å²) in [6.07, 6.45) is 0.832. The Bertz CT molecular complexity index is 370. The van der Waals surface area contributed by atoms with Crippen molar-refractivity contribution in [3.8, 4) is 0 Å². The second kappa shape index (κ2) is 6.60. The molecular formula is C15H25NOS. The molecule has 0 saturated carbocycles. The van der Waals surface area contributed by atoms with E-state index in [2.05, 4.69) is 39.0 Å². The third-order valence-electron chi connectivity index (χ3n) is 2.93. The van der Waals surface area contributed by atoms with Crippen LogP contribution in [-0.2, 0) is 5.75 Å². The minimum absolute atomic E-state index is 0.0431. The fourth-order valence-corrected chi connectivity index (χ4v) is 3.31. The van der Waals surface area contributed by atoms with Gasteiger partial charge in [0.15, 0.2) is 0 Å². The largest absolute Gasteiger partial charge is 0.394 e. The van der Waals surface area contributed by atoms with Crippen LogP contribution in [0.25, 0.3) is 0 Å². The summed E-state index contributed by atoms with van der Waals surface area (Å²) in [6.45, 7) is 8.39. The summed E-state index contributed by atoms with van der Waals surface area (Å²) in [5.41, 5.74) is 9.51. The van der Waals surface area contributed by atoms with Crippen molar-refractivity contribution < 1.29 is 5.11 Å². The van der Waals surface area contributed by atoms with E-state index in [4.69, 9.17) is 10.8 Å². The second-order valence-electron chi connectivity index (χ2n) is 5.63. The molecular weight excluding hydrogens is 242 g/mol. The maximum atomic E-state index is 9.17. The van der Waals surface area contributed by atoms with Crippen molar-refractivity contribution in [3.05, 3.63) is 34.9 Å². The van der Waals surface area contributed by atoms with Gasteiger partial charge >= 0.3 is 0 Å². The lowest BCUT2D eigenvalue weighted by molar-refractivity contribution is 0.201. The fourth-order valence-electron chi connectivity index (χ4n) is 2.17. The molecule has 0 spiro atoms. The van der Waals surface area contributed by atoms with E-state index in [0.717, 1.165) is 12.2 Å². The molecule has 1 rings (SSSR count). The van der Waals surface area contributed by atoms with Crippen molar-refractivity contribution in [2.75, 3.05) is 6.61 Å². The number of benzene rings is 1. The molecule has 2 nitrogen and oxygen atoms in total. The highest BCUT2D eigenvalue weighted by Crippen LogP contribution is 2.24. The number of nitrogens with two attached hydrogens (primary N) is 1. The fraction of sp³-hybridized carbons (Fsp3) is 0.600. The first kappa shape index (κ1) is 15.5. The molecule has 0 amide bonds. The monoisotopic (exact) mass is 267 g/mol. The molecule has 0 aromatic heterocycles. The summed E-state index contributed by atoms with van der Waals surface area (Å²) in [7, 11) is 0. The number of rotatable bonds is 6. The third kappa shape index (κ3) is 5.42. The topological polar surface area (TPSA) is 46.2 Å². The summed E-state index contributed by atoms with van der Waals surface area (Å²) in [5.74, 6) is 1.01. The van der Waals surface area contributed by atoms with Crippen molar-refractivity contribution in [1.82, 2.24) is 0 Å². The maximum absolute atomic E-state index is 9.17. The minimum atomic E-state index is -0.463. The Morgan fingerprint density at radius 3 is 2.33 bits per heavy atom. The van der Waals surface area contributed by atoms with Gasteiger partial charge in [0.1, 0.15) is 0 Å². The zero-order valence-corrected chi connectivity index (χ0v) is 12.7. The molecule has 0 aliphatic heterocycles. The Kier molecular flexibility index (Phi) is 5.70. The van der Waals surface area contributed by atoms with Crippen LogP contribution in [0.5, 0.6) is 0 Å². The Balaban J connectivity index is 2.49. The molecule has 102 valence electrons. The molecule has 3 N–H and O–H groups in total. The molecule has 2 atom stereocenters. The van der Waals surface area contributed by atoms with Gasteiger partial charge in [-0.3, -0.25) is 0 Å². The van der Waals surface area contributed by atoms with E-state index in [1.165, 1.54) is 16.7 Å².